The minimum Gasteiger partial charge on any atom is -0.487 e. The average Bonchev–Trinajstić information content (AvgIpc) is 2.60. The number of carbonyl (C=O) groups is 1. The molecule has 0 aromatic heterocycles. The number of methoxy groups -OCH3 is 1. The van der Waals surface area contributed by atoms with E-state index < -0.39 is 5.60 Å². The Morgan fingerprint density at radius 1 is 1.38 bits per heavy atom. The first-order chi connectivity index (χ1) is 11.1. The molecule has 1 atom stereocenters. The molecule has 1 fully saturated rings. The molecular formula is C17H26Cl2N2O3. The number of para-hydroxylation sites is 1. The SMILES string of the molecule is CCC(CNC(=O)C1(OC)CCNCC1)Oc1ccccc1Cl.Cl. The van der Waals surface area contributed by atoms with Gasteiger partial charge in [0.15, 0.2) is 0 Å². The number of amides is 1. The second-order valence-electron chi connectivity index (χ2n) is 5.74. The van der Waals surface area contributed by atoms with Crippen LogP contribution >= 0.6 is 24.0 Å². The Bertz CT molecular complexity index is 522. The number of ether oxygens (including phenoxy) is 2. The minimum atomic E-state index is -0.728. The van der Waals surface area contributed by atoms with E-state index in [0.717, 1.165) is 19.5 Å². The number of nitrogens with one attached hydrogen (secondary N) is 2. The zero-order valence-corrected chi connectivity index (χ0v) is 15.7. The lowest BCUT2D eigenvalue weighted by Crippen LogP contribution is -2.55. The third kappa shape index (κ3) is 5.24. The molecule has 1 saturated heterocycles. The van der Waals surface area contributed by atoms with Gasteiger partial charge in [-0.3, -0.25) is 4.79 Å². The Morgan fingerprint density at radius 2 is 2.04 bits per heavy atom. The summed E-state index contributed by atoms with van der Waals surface area (Å²) in [4.78, 5) is 12.5. The topological polar surface area (TPSA) is 59.6 Å². The van der Waals surface area contributed by atoms with Gasteiger partial charge >= 0.3 is 0 Å². The van der Waals surface area contributed by atoms with Crippen molar-refractivity contribution in [2.24, 2.45) is 0 Å². The number of carbonyl (C=O) groups excluding carboxylic acids is 1. The van der Waals surface area contributed by atoms with Gasteiger partial charge in [0.25, 0.3) is 5.91 Å². The highest BCUT2D eigenvalue weighted by molar-refractivity contribution is 6.32. The van der Waals surface area contributed by atoms with E-state index in [-0.39, 0.29) is 24.4 Å². The summed E-state index contributed by atoms with van der Waals surface area (Å²) in [6.45, 7) is 4.02. The van der Waals surface area contributed by atoms with Crippen molar-refractivity contribution in [2.45, 2.75) is 37.9 Å². The fourth-order valence-electron chi connectivity index (χ4n) is 2.71. The molecule has 24 heavy (non-hydrogen) atoms. The first-order valence-electron chi connectivity index (χ1n) is 8.06. The molecule has 0 spiro atoms. The van der Waals surface area contributed by atoms with Crippen LogP contribution in [0.2, 0.25) is 5.02 Å². The lowest BCUT2D eigenvalue weighted by atomic mass is 9.91. The maximum absolute atomic E-state index is 12.5. The summed E-state index contributed by atoms with van der Waals surface area (Å²) >= 11 is 6.12. The number of hydrogen-bond acceptors (Lipinski definition) is 4. The van der Waals surface area contributed by atoms with Crippen LogP contribution in [0.15, 0.2) is 24.3 Å². The van der Waals surface area contributed by atoms with Crippen LogP contribution in [0.4, 0.5) is 0 Å². The Balaban J connectivity index is 0.00000288. The van der Waals surface area contributed by atoms with Gasteiger partial charge in [-0.2, -0.15) is 0 Å². The molecule has 2 N–H and O–H groups in total. The summed E-state index contributed by atoms with van der Waals surface area (Å²) in [5.41, 5.74) is -0.728. The van der Waals surface area contributed by atoms with Gasteiger partial charge in [-0.05, 0) is 44.5 Å². The predicted octanol–water partition coefficient (Wildman–Crippen LogP) is 2.80. The Kier molecular flexibility index (Phi) is 8.84. The first-order valence-corrected chi connectivity index (χ1v) is 8.44. The van der Waals surface area contributed by atoms with Gasteiger partial charge in [0, 0.05) is 7.11 Å². The van der Waals surface area contributed by atoms with Crippen molar-refractivity contribution in [3.8, 4) is 5.75 Å². The number of hydrogen-bond donors (Lipinski definition) is 2. The highest BCUT2D eigenvalue weighted by atomic mass is 35.5. The van der Waals surface area contributed by atoms with Crippen molar-refractivity contribution in [3.05, 3.63) is 29.3 Å². The second-order valence-corrected chi connectivity index (χ2v) is 6.14. The van der Waals surface area contributed by atoms with Gasteiger partial charge in [0.2, 0.25) is 0 Å². The Hall–Kier alpha value is -1.01. The number of benzene rings is 1. The zero-order valence-electron chi connectivity index (χ0n) is 14.1. The second kappa shape index (κ2) is 10.1. The van der Waals surface area contributed by atoms with Crippen molar-refractivity contribution in [3.63, 3.8) is 0 Å². The van der Waals surface area contributed by atoms with Crippen LogP contribution in [0.5, 0.6) is 5.75 Å². The quantitative estimate of drug-likeness (QED) is 0.767. The van der Waals surface area contributed by atoms with Crippen LogP contribution in [0.25, 0.3) is 0 Å². The minimum absolute atomic E-state index is 0. The molecule has 1 aromatic rings. The van der Waals surface area contributed by atoms with Gasteiger partial charge < -0.3 is 20.1 Å². The third-order valence-electron chi connectivity index (χ3n) is 4.29. The van der Waals surface area contributed by atoms with E-state index in [9.17, 15) is 4.79 Å². The normalized spacial score (nSPS) is 17.5. The molecule has 0 radical (unpaired) electrons. The van der Waals surface area contributed by atoms with Crippen LogP contribution < -0.4 is 15.4 Å². The average molecular weight is 377 g/mol. The molecule has 2 rings (SSSR count). The molecule has 1 aliphatic rings. The smallest absolute Gasteiger partial charge is 0.252 e. The molecule has 5 nitrogen and oxygen atoms in total. The van der Waals surface area contributed by atoms with Crippen molar-refractivity contribution in [2.75, 3.05) is 26.7 Å². The van der Waals surface area contributed by atoms with Crippen LogP contribution in [0.1, 0.15) is 26.2 Å². The number of halogens is 2. The third-order valence-corrected chi connectivity index (χ3v) is 4.60. The molecule has 0 aliphatic carbocycles. The molecule has 1 unspecified atom stereocenters. The summed E-state index contributed by atoms with van der Waals surface area (Å²) < 4.78 is 11.4. The maximum Gasteiger partial charge on any atom is 0.252 e. The van der Waals surface area contributed by atoms with E-state index >= 15 is 0 Å². The molecule has 1 heterocycles. The molecule has 0 saturated carbocycles. The number of rotatable bonds is 7. The van der Waals surface area contributed by atoms with Crippen molar-refractivity contribution in [1.29, 1.82) is 0 Å². The predicted molar refractivity (Wildman–Crippen MR) is 98.3 cm³/mol. The van der Waals surface area contributed by atoms with E-state index in [2.05, 4.69) is 10.6 Å². The monoisotopic (exact) mass is 376 g/mol. The molecule has 1 amide bonds. The van der Waals surface area contributed by atoms with Crippen molar-refractivity contribution >= 4 is 29.9 Å². The van der Waals surface area contributed by atoms with E-state index in [1.54, 1.807) is 13.2 Å². The standard InChI is InChI=1S/C17H25ClN2O3.ClH/c1-3-13(23-15-7-5-4-6-14(15)18)12-20-16(21)17(22-2)8-10-19-11-9-17;/h4-7,13,19H,3,8-12H2,1-2H3,(H,20,21);1H. The van der Waals surface area contributed by atoms with Gasteiger partial charge in [-0.15, -0.1) is 12.4 Å². The van der Waals surface area contributed by atoms with Gasteiger partial charge in [-0.25, -0.2) is 0 Å². The fraction of sp³-hybridized carbons (Fsp3) is 0.588. The molecule has 7 heteroatoms. The summed E-state index contributed by atoms with van der Waals surface area (Å²) in [5, 5.41) is 6.79. The summed E-state index contributed by atoms with van der Waals surface area (Å²) in [7, 11) is 1.60. The fourth-order valence-corrected chi connectivity index (χ4v) is 2.89. The highest BCUT2D eigenvalue weighted by Gasteiger charge is 2.39. The molecule has 136 valence electrons. The number of piperidine rings is 1. The van der Waals surface area contributed by atoms with E-state index in [1.807, 2.05) is 25.1 Å². The Morgan fingerprint density at radius 3 is 2.62 bits per heavy atom. The lowest BCUT2D eigenvalue weighted by molar-refractivity contribution is -0.147. The zero-order chi connectivity index (χ0) is 16.7. The van der Waals surface area contributed by atoms with Gasteiger partial charge in [0.1, 0.15) is 17.5 Å². The van der Waals surface area contributed by atoms with Crippen molar-refractivity contribution < 1.29 is 14.3 Å². The van der Waals surface area contributed by atoms with E-state index in [1.165, 1.54) is 0 Å². The summed E-state index contributed by atoms with van der Waals surface area (Å²) in [5.74, 6) is 0.571. The highest BCUT2D eigenvalue weighted by Crippen LogP contribution is 2.25. The van der Waals surface area contributed by atoms with Gasteiger partial charge in [0.05, 0.1) is 11.6 Å². The first kappa shape index (κ1) is 21.0. The van der Waals surface area contributed by atoms with E-state index in [0.29, 0.717) is 30.2 Å². The van der Waals surface area contributed by atoms with Crippen LogP contribution in [0, 0.1) is 0 Å². The van der Waals surface area contributed by atoms with E-state index in [4.69, 9.17) is 21.1 Å². The molecular weight excluding hydrogens is 351 g/mol. The summed E-state index contributed by atoms with van der Waals surface area (Å²) in [6.07, 6.45) is 2.00. The Labute approximate surface area is 154 Å². The molecule has 1 aliphatic heterocycles. The summed E-state index contributed by atoms with van der Waals surface area (Å²) in [6, 6.07) is 7.35. The lowest BCUT2D eigenvalue weighted by Gasteiger charge is -2.35. The van der Waals surface area contributed by atoms with Crippen LogP contribution in [-0.2, 0) is 9.53 Å². The largest absolute Gasteiger partial charge is 0.487 e. The van der Waals surface area contributed by atoms with Gasteiger partial charge in [-0.1, -0.05) is 30.7 Å². The van der Waals surface area contributed by atoms with Crippen LogP contribution in [0.3, 0.4) is 0 Å². The van der Waals surface area contributed by atoms with Crippen LogP contribution in [-0.4, -0.2) is 44.4 Å². The molecule has 1 aromatic carbocycles. The maximum atomic E-state index is 12.5. The molecule has 0 bridgehead atoms. The van der Waals surface area contributed by atoms with Crippen molar-refractivity contribution in [1.82, 2.24) is 10.6 Å².